The van der Waals surface area contributed by atoms with Crippen LogP contribution < -0.4 is 15.4 Å². The van der Waals surface area contributed by atoms with Crippen molar-refractivity contribution in [2.24, 2.45) is 0 Å². The Labute approximate surface area is 187 Å². The topological polar surface area (TPSA) is 80.6 Å². The van der Waals surface area contributed by atoms with Crippen molar-refractivity contribution in [2.45, 2.75) is 38.8 Å². The summed E-state index contributed by atoms with van der Waals surface area (Å²) in [7, 11) is 0. The Balaban J connectivity index is 1.60. The van der Waals surface area contributed by atoms with Gasteiger partial charge in [0, 0.05) is 23.6 Å². The van der Waals surface area contributed by atoms with Gasteiger partial charge in [0.15, 0.2) is 0 Å². The monoisotopic (exact) mass is 430 g/mol. The van der Waals surface area contributed by atoms with E-state index in [0.29, 0.717) is 17.7 Å². The number of ether oxygens (including phenoxy) is 1. The lowest BCUT2D eigenvalue weighted by Crippen LogP contribution is -2.43. The lowest BCUT2D eigenvalue weighted by molar-refractivity contribution is -0.119. The molecule has 1 aliphatic rings. The first kappa shape index (κ1) is 21.4. The summed E-state index contributed by atoms with van der Waals surface area (Å²) in [5.41, 5.74) is 2.08. The van der Waals surface area contributed by atoms with E-state index in [1.165, 1.54) is 12.3 Å². The fourth-order valence-electron chi connectivity index (χ4n) is 3.74. The molecule has 2 amide bonds. The van der Waals surface area contributed by atoms with E-state index in [1.54, 1.807) is 24.3 Å². The van der Waals surface area contributed by atoms with Crippen molar-refractivity contribution in [3.8, 4) is 5.75 Å². The average Bonchev–Trinajstić information content (AvgIpc) is 3.26. The zero-order chi connectivity index (χ0) is 22.7. The number of carbonyl (C=O) groups excluding carboxylic acids is 2. The van der Waals surface area contributed by atoms with E-state index >= 15 is 0 Å². The van der Waals surface area contributed by atoms with E-state index in [4.69, 9.17) is 9.15 Å². The van der Waals surface area contributed by atoms with Crippen molar-refractivity contribution in [2.75, 3.05) is 0 Å². The van der Waals surface area contributed by atoms with Gasteiger partial charge in [0.2, 0.25) is 0 Å². The molecule has 0 bridgehead atoms. The maximum Gasteiger partial charge on any atom is 0.268 e. The zero-order valence-corrected chi connectivity index (χ0v) is 18.3. The van der Waals surface area contributed by atoms with Crippen molar-refractivity contribution >= 4 is 17.9 Å². The van der Waals surface area contributed by atoms with Crippen molar-refractivity contribution in [3.05, 3.63) is 95.1 Å². The summed E-state index contributed by atoms with van der Waals surface area (Å²) in [5, 5.41) is 5.81. The number of hydrogen-bond acceptors (Lipinski definition) is 4. The maximum atomic E-state index is 13.3. The average molecular weight is 431 g/mol. The van der Waals surface area contributed by atoms with Crippen molar-refractivity contribution in [1.82, 2.24) is 10.6 Å². The second-order valence-corrected chi connectivity index (χ2v) is 8.52. The summed E-state index contributed by atoms with van der Waals surface area (Å²) < 4.78 is 11.4. The molecule has 3 aromatic rings. The van der Waals surface area contributed by atoms with Gasteiger partial charge in [0.25, 0.3) is 11.8 Å². The van der Waals surface area contributed by atoms with Gasteiger partial charge in [-0.15, -0.1) is 0 Å². The Kier molecular flexibility index (Phi) is 5.86. The van der Waals surface area contributed by atoms with Crippen LogP contribution in [0.3, 0.4) is 0 Å². The molecule has 1 atom stereocenters. The molecule has 32 heavy (non-hydrogen) atoms. The minimum Gasteiger partial charge on any atom is -0.487 e. The molecule has 1 aromatic heterocycles. The van der Waals surface area contributed by atoms with Crippen LogP contribution in [0.5, 0.6) is 5.75 Å². The smallest absolute Gasteiger partial charge is 0.268 e. The summed E-state index contributed by atoms with van der Waals surface area (Å²) in [6.07, 6.45) is 3.63. The maximum absolute atomic E-state index is 13.3. The highest BCUT2D eigenvalue weighted by atomic mass is 16.5. The predicted molar refractivity (Wildman–Crippen MR) is 122 cm³/mol. The number of benzene rings is 2. The number of fused-ring (bicyclic) bond motifs is 1. The van der Waals surface area contributed by atoms with Crippen LogP contribution in [-0.2, 0) is 4.79 Å². The molecule has 2 heterocycles. The molecule has 0 saturated heterocycles. The molecule has 0 saturated carbocycles. The minimum atomic E-state index is -0.442. The van der Waals surface area contributed by atoms with Crippen molar-refractivity contribution < 1.29 is 18.7 Å². The molecule has 6 heteroatoms. The van der Waals surface area contributed by atoms with E-state index < -0.39 is 11.5 Å². The Morgan fingerprint density at radius 3 is 2.50 bits per heavy atom. The molecule has 0 radical (unpaired) electrons. The van der Waals surface area contributed by atoms with Gasteiger partial charge in [-0.2, -0.15) is 0 Å². The second kappa shape index (κ2) is 8.75. The van der Waals surface area contributed by atoms with Gasteiger partial charge >= 0.3 is 0 Å². The van der Waals surface area contributed by atoms with Crippen LogP contribution in [0.2, 0.25) is 0 Å². The van der Waals surface area contributed by atoms with E-state index in [1.807, 2.05) is 57.2 Å². The SMILES string of the molecule is Cc1ccc(C(=O)N/C(=C\c2ccco2)C(=O)N[C@H]2CC(C)(C)Oc3ccccc32)cc1. The zero-order valence-electron chi connectivity index (χ0n) is 18.3. The summed E-state index contributed by atoms with van der Waals surface area (Å²) in [6, 6.07) is 18.0. The van der Waals surface area contributed by atoms with Gasteiger partial charge in [-0.3, -0.25) is 9.59 Å². The molecule has 1 aliphatic heterocycles. The van der Waals surface area contributed by atoms with Crippen LogP contribution >= 0.6 is 0 Å². The Bertz CT molecular complexity index is 1140. The van der Waals surface area contributed by atoms with Gasteiger partial charge in [-0.1, -0.05) is 35.9 Å². The lowest BCUT2D eigenvalue weighted by atomic mass is 9.89. The third-order valence-corrected chi connectivity index (χ3v) is 5.32. The number of nitrogens with one attached hydrogen (secondary N) is 2. The summed E-state index contributed by atoms with van der Waals surface area (Å²) in [4.78, 5) is 26.1. The van der Waals surface area contributed by atoms with Crippen molar-refractivity contribution in [1.29, 1.82) is 0 Å². The van der Waals surface area contributed by atoms with Crippen LogP contribution in [-0.4, -0.2) is 17.4 Å². The minimum absolute atomic E-state index is 0.104. The summed E-state index contributed by atoms with van der Waals surface area (Å²) in [5.74, 6) is 0.436. The van der Waals surface area contributed by atoms with Gasteiger partial charge in [0.05, 0.1) is 12.3 Å². The largest absolute Gasteiger partial charge is 0.487 e. The lowest BCUT2D eigenvalue weighted by Gasteiger charge is -2.38. The van der Waals surface area contributed by atoms with E-state index in [9.17, 15) is 9.59 Å². The van der Waals surface area contributed by atoms with E-state index in [-0.39, 0.29) is 17.6 Å². The van der Waals surface area contributed by atoms with Crippen LogP contribution in [0, 0.1) is 6.92 Å². The molecule has 164 valence electrons. The number of hydrogen-bond donors (Lipinski definition) is 2. The van der Waals surface area contributed by atoms with Gasteiger partial charge in [-0.05, 0) is 51.1 Å². The second-order valence-electron chi connectivity index (χ2n) is 8.52. The standard InChI is InChI=1S/C26H26N2O4/c1-17-10-12-18(13-11-17)24(29)27-21(15-19-7-6-14-31-19)25(30)28-22-16-26(2,3)32-23-9-5-4-8-20(22)23/h4-15,22H,16H2,1-3H3,(H,27,29)(H,28,30)/b21-15-/t22-/m0/s1. The molecule has 2 aromatic carbocycles. The molecule has 2 N–H and O–H groups in total. The third-order valence-electron chi connectivity index (χ3n) is 5.32. The Morgan fingerprint density at radius 1 is 1.03 bits per heavy atom. The van der Waals surface area contributed by atoms with Crippen LogP contribution in [0.25, 0.3) is 6.08 Å². The molecular formula is C26H26N2O4. The number of furan rings is 1. The molecule has 4 rings (SSSR count). The summed E-state index contributed by atoms with van der Waals surface area (Å²) in [6.45, 7) is 5.92. The highest BCUT2D eigenvalue weighted by Crippen LogP contribution is 2.39. The highest BCUT2D eigenvalue weighted by Gasteiger charge is 2.34. The first-order chi connectivity index (χ1) is 15.3. The van der Waals surface area contributed by atoms with Gasteiger partial charge < -0.3 is 19.8 Å². The number of para-hydroxylation sites is 1. The number of rotatable bonds is 5. The van der Waals surface area contributed by atoms with Gasteiger partial charge in [0.1, 0.15) is 22.8 Å². The van der Waals surface area contributed by atoms with Crippen molar-refractivity contribution in [3.63, 3.8) is 0 Å². The molecule has 0 spiro atoms. The molecule has 0 aliphatic carbocycles. The van der Waals surface area contributed by atoms with Gasteiger partial charge in [-0.25, -0.2) is 0 Å². The Hall–Kier alpha value is -3.80. The molecule has 0 fully saturated rings. The van der Waals surface area contributed by atoms with E-state index in [2.05, 4.69) is 10.6 Å². The quantitative estimate of drug-likeness (QED) is 0.571. The van der Waals surface area contributed by atoms with Crippen LogP contribution in [0.4, 0.5) is 0 Å². The number of amides is 2. The van der Waals surface area contributed by atoms with Crippen LogP contribution in [0.1, 0.15) is 53.6 Å². The third kappa shape index (κ3) is 4.91. The fourth-order valence-corrected chi connectivity index (χ4v) is 3.74. The predicted octanol–water partition coefficient (Wildman–Crippen LogP) is 4.78. The fraction of sp³-hybridized carbons (Fsp3) is 0.231. The normalized spacial score (nSPS) is 17.1. The summed E-state index contributed by atoms with van der Waals surface area (Å²) >= 11 is 0. The molecule has 6 nitrogen and oxygen atoms in total. The first-order valence-corrected chi connectivity index (χ1v) is 10.5. The molecule has 0 unspecified atom stereocenters. The first-order valence-electron chi connectivity index (χ1n) is 10.5. The number of aryl methyl sites for hydroxylation is 1. The van der Waals surface area contributed by atoms with Crippen LogP contribution in [0.15, 0.2) is 77.0 Å². The molecular weight excluding hydrogens is 404 g/mol. The van der Waals surface area contributed by atoms with E-state index in [0.717, 1.165) is 16.9 Å². The highest BCUT2D eigenvalue weighted by molar-refractivity contribution is 6.05. The number of carbonyl (C=O) groups is 2. The Morgan fingerprint density at radius 2 is 1.78 bits per heavy atom.